The van der Waals surface area contributed by atoms with Crippen LogP contribution in [0, 0.1) is 0 Å². The van der Waals surface area contributed by atoms with Crippen LogP contribution < -0.4 is 10.6 Å². The fourth-order valence-corrected chi connectivity index (χ4v) is 1.93. The molecule has 0 saturated carbocycles. The fourth-order valence-electron chi connectivity index (χ4n) is 1.93. The first-order valence-corrected chi connectivity index (χ1v) is 6.69. The van der Waals surface area contributed by atoms with Gasteiger partial charge in [0.05, 0.1) is 30.1 Å². The van der Waals surface area contributed by atoms with E-state index < -0.39 is 0 Å². The maximum absolute atomic E-state index is 4.24. The number of imidazole rings is 1. The van der Waals surface area contributed by atoms with Crippen molar-refractivity contribution >= 4 is 11.4 Å². The molecule has 1 unspecified atom stereocenters. The second-order valence-corrected chi connectivity index (χ2v) is 4.69. The highest BCUT2D eigenvalue weighted by Crippen LogP contribution is 2.14. The van der Waals surface area contributed by atoms with E-state index in [4.69, 9.17) is 0 Å². The second kappa shape index (κ2) is 6.78. The quantitative estimate of drug-likeness (QED) is 0.802. The normalized spacial score (nSPS) is 12.1. The summed E-state index contributed by atoms with van der Waals surface area (Å²) in [5.41, 5.74) is 2.09. The maximum atomic E-state index is 4.24. The molecule has 102 valence electrons. The molecule has 0 bridgehead atoms. The van der Waals surface area contributed by atoms with Gasteiger partial charge >= 0.3 is 0 Å². The topological polar surface area (TPSA) is 54.8 Å². The Balaban J connectivity index is 1.90. The average molecular weight is 259 g/mol. The zero-order chi connectivity index (χ0) is 13.5. The van der Waals surface area contributed by atoms with E-state index in [0.717, 1.165) is 30.9 Å². The summed E-state index contributed by atoms with van der Waals surface area (Å²) in [6, 6.07) is 2.41. The Bertz CT molecular complexity index is 480. The number of anilines is 2. The van der Waals surface area contributed by atoms with Crippen LogP contribution in [0.2, 0.25) is 0 Å². The molecule has 0 aliphatic carbocycles. The Hall–Kier alpha value is -2.04. The summed E-state index contributed by atoms with van der Waals surface area (Å²) < 4.78 is 2.06. The van der Waals surface area contributed by atoms with E-state index in [1.807, 2.05) is 24.9 Å². The van der Waals surface area contributed by atoms with Gasteiger partial charge in [-0.25, -0.2) is 4.98 Å². The lowest BCUT2D eigenvalue weighted by atomic mass is 10.3. The first kappa shape index (κ1) is 13.4. The summed E-state index contributed by atoms with van der Waals surface area (Å²) in [5.74, 6) is 0. The molecular weight excluding hydrogens is 238 g/mol. The molecule has 2 aromatic heterocycles. The van der Waals surface area contributed by atoms with Crippen LogP contribution in [0.15, 0.2) is 37.2 Å². The van der Waals surface area contributed by atoms with Crippen molar-refractivity contribution in [1.82, 2.24) is 14.5 Å². The number of pyridine rings is 1. The minimum absolute atomic E-state index is 0.317. The molecule has 1 atom stereocenters. The molecule has 0 radical (unpaired) electrons. The van der Waals surface area contributed by atoms with E-state index in [0.29, 0.717) is 6.04 Å². The van der Waals surface area contributed by atoms with Crippen molar-refractivity contribution < 1.29 is 0 Å². The lowest BCUT2D eigenvalue weighted by Gasteiger charge is -2.16. The van der Waals surface area contributed by atoms with Gasteiger partial charge in [-0.2, -0.15) is 0 Å². The number of hydrogen-bond donors (Lipinski definition) is 2. The summed E-state index contributed by atoms with van der Waals surface area (Å²) in [4.78, 5) is 8.29. The Morgan fingerprint density at radius 3 is 2.84 bits per heavy atom. The fraction of sp³-hybridized carbons (Fsp3) is 0.429. The minimum atomic E-state index is 0.317. The molecule has 0 aliphatic rings. The zero-order valence-corrected chi connectivity index (χ0v) is 11.5. The van der Waals surface area contributed by atoms with Crippen LogP contribution >= 0.6 is 0 Å². The van der Waals surface area contributed by atoms with Gasteiger partial charge in [0.25, 0.3) is 0 Å². The third-order valence-electron chi connectivity index (χ3n) is 2.77. The molecule has 2 aromatic rings. The van der Waals surface area contributed by atoms with Crippen LogP contribution in [0.5, 0.6) is 0 Å². The van der Waals surface area contributed by atoms with Gasteiger partial charge in [0.1, 0.15) is 0 Å². The molecule has 2 N–H and O–H groups in total. The third kappa shape index (κ3) is 4.28. The summed E-state index contributed by atoms with van der Waals surface area (Å²) in [6.45, 7) is 6.14. The van der Waals surface area contributed by atoms with E-state index in [-0.39, 0.29) is 0 Å². The number of nitrogens with zero attached hydrogens (tertiary/aromatic N) is 3. The van der Waals surface area contributed by atoms with Crippen molar-refractivity contribution in [2.75, 3.05) is 17.2 Å². The van der Waals surface area contributed by atoms with E-state index in [1.165, 1.54) is 0 Å². The van der Waals surface area contributed by atoms with Gasteiger partial charge in [-0.3, -0.25) is 4.98 Å². The molecule has 0 amide bonds. The van der Waals surface area contributed by atoms with E-state index in [1.54, 1.807) is 6.20 Å². The van der Waals surface area contributed by atoms with Gasteiger partial charge in [0.2, 0.25) is 0 Å². The standard InChI is InChI=1S/C14H21N5/c1-3-4-17-13-7-14(9-16-8-13)18-12(2)10-19-6-5-15-11-19/h5-9,11-12,17-18H,3-4,10H2,1-2H3. The molecule has 19 heavy (non-hydrogen) atoms. The monoisotopic (exact) mass is 259 g/mol. The smallest absolute Gasteiger partial charge is 0.0946 e. The average Bonchev–Trinajstić information content (AvgIpc) is 2.89. The molecule has 0 aliphatic heterocycles. The van der Waals surface area contributed by atoms with Crippen molar-refractivity contribution in [2.24, 2.45) is 0 Å². The number of nitrogens with one attached hydrogen (secondary N) is 2. The van der Waals surface area contributed by atoms with E-state index in [2.05, 4.69) is 45.1 Å². The third-order valence-corrected chi connectivity index (χ3v) is 2.77. The van der Waals surface area contributed by atoms with Gasteiger partial charge < -0.3 is 15.2 Å². The number of rotatable bonds is 7. The van der Waals surface area contributed by atoms with Crippen molar-refractivity contribution in [3.05, 3.63) is 37.2 Å². The van der Waals surface area contributed by atoms with Crippen molar-refractivity contribution in [2.45, 2.75) is 32.9 Å². The first-order valence-electron chi connectivity index (χ1n) is 6.69. The molecule has 5 nitrogen and oxygen atoms in total. The van der Waals surface area contributed by atoms with Crippen LogP contribution in [0.3, 0.4) is 0 Å². The Kier molecular flexibility index (Phi) is 4.78. The van der Waals surface area contributed by atoms with Crippen molar-refractivity contribution in [1.29, 1.82) is 0 Å². The molecule has 2 heterocycles. The van der Waals surface area contributed by atoms with Gasteiger partial charge in [0, 0.05) is 31.5 Å². The lowest BCUT2D eigenvalue weighted by Crippen LogP contribution is -2.21. The molecule has 2 rings (SSSR count). The maximum Gasteiger partial charge on any atom is 0.0946 e. The summed E-state index contributed by atoms with van der Waals surface area (Å²) >= 11 is 0. The van der Waals surface area contributed by atoms with Gasteiger partial charge in [-0.15, -0.1) is 0 Å². The number of aromatic nitrogens is 3. The molecule has 0 aromatic carbocycles. The van der Waals surface area contributed by atoms with Gasteiger partial charge in [-0.05, 0) is 19.4 Å². The summed E-state index contributed by atoms with van der Waals surface area (Å²) in [5, 5.41) is 6.78. The van der Waals surface area contributed by atoms with Crippen LogP contribution in [0.1, 0.15) is 20.3 Å². The van der Waals surface area contributed by atoms with E-state index >= 15 is 0 Å². The zero-order valence-electron chi connectivity index (χ0n) is 11.5. The van der Waals surface area contributed by atoms with E-state index in [9.17, 15) is 0 Å². The highest BCUT2D eigenvalue weighted by molar-refractivity contribution is 5.54. The number of hydrogen-bond acceptors (Lipinski definition) is 4. The summed E-state index contributed by atoms with van der Waals surface area (Å²) in [6.07, 6.45) is 10.4. The Labute approximate surface area is 114 Å². The highest BCUT2D eigenvalue weighted by Gasteiger charge is 2.03. The lowest BCUT2D eigenvalue weighted by molar-refractivity contribution is 0.618. The minimum Gasteiger partial charge on any atom is -0.384 e. The van der Waals surface area contributed by atoms with Crippen LogP contribution in [-0.2, 0) is 6.54 Å². The van der Waals surface area contributed by atoms with Gasteiger partial charge in [-0.1, -0.05) is 6.92 Å². The molecule has 5 heteroatoms. The Morgan fingerprint density at radius 1 is 1.26 bits per heavy atom. The van der Waals surface area contributed by atoms with Crippen molar-refractivity contribution in [3.63, 3.8) is 0 Å². The van der Waals surface area contributed by atoms with Crippen LogP contribution in [-0.4, -0.2) is 27.1 Å². The predicted octanol–water partition coefficient (Wildman–Crippen LogP) is 2.60. The molecule has 0 saturated heterocycles. The SMILES string of the molecule is CCCNc1cncc(NC(C)Cn2ccnc2)c1. The predicted molar refractivity (Wildman–Crippen MR) is 78.3 cm³/mol. The Morgan fingerprint density at radius 2 is 2.11 bits per heavy atom. The first-order chi connectivity index (χ1) is 9.28. The van der Waals surface area contributed by atoms with Gasteiger partial charge in [0.15, 0.2) is 0 Å². The second-order valence-electron chi connectivity index (χ2n) is 4.69. The largest absolute Gasteiger partial charge is 0.384 e. The molecular formula is C14H21N5. The molecule has 0 fully saturated rings. The summed E-state index contributed by atoms with van der Waals surface area (Å²) in [7, 11) is 0. The van der Waals surface area contributed by atoms with Crippen LogP contribution in [0.4, 0.5) is 11.4 Å². The molecule has 0 spiro atoms. The van der Waals surface area contributed by atoms with Crippen molar-refractivity contribution in [3.8, 4) is 0 Å². The van der Waals surface area contributed by atoms with Crippen LogP contribution in [0.25, 0.3) is 0 Å². The highest BCUT2D eigenvalue weighted by atomic mass is 15.1.